The van der Waals surface area contributed by atoms with E-state index in [9.17, 15) is 9.90 Å². The number of piperidine rings is 1. The molecule has 0 radical (unpaired) electrons. The third kappa shape index (κ3) is 5.18. The van der Waals surface area contributed by atoms with Crippen LogP contribution >= 0.6 is 11.3 Å². The molecule has 1 aliphatic carbocycles. The molecule has 3 heterocycles. The number of rotatable bonds is 7. The van der Waals surface area contributed by atoms with Crippen LogP contribution in [0.4, 0.5) is 17.3 Å². The molecule has 5 rings (SSSR count). The van der Waals surface area contributed by atoms with E-state index in [1.165, 1.54) is 12.8 Å². The summed E-state index contributed by atoms with van der Waals surface area (Å²) >= 11 is 1.58. The maximum atomic E-state index is 13.5. The first-order valence-electron chi connectivity index (χ1n) is 12.2. The van der Waals surface area contributed by atoms with Gasteiger partial charge < -0.3 is 20.6 Å². The van der Waals surface area contributed by atoms with Crippen molar-refractivity contribution in [3.05, 3.63) is 53.0 Å². The van der Waals surface area contributed by atoms with Gasteiger partial charge in [0.05, 0.1) is 17.7 Å². The molecule has 2 aliphatic rings. The quantitative estimate of drug-likeness (QED) is 0.414. The number of thiazole rings is 1. The first kappa shape index (κ1) is 23.8. The highest BCUT2D eigenvalue weighted by Crippen LogP contribution is 2.54. The highest BCUT2D eigenvalue weighted by atomic mass is 32.1. The number of benzene rings is 1. The number of anilines is 3. The van der Waals surface area contributed by atoms with Gasteiger partial charge in [0.1, 0.15) is 16.6 Å². The average Bonchev–Trinajstić information content (AvgIpc) is 3.37. The average molecular weight is 492 g/mol. The normalized spacial score (nSPS) is 16.9. The molecule has 2 fully saturated rings. The van der Waals surface area contributed by atoms with Crippen molar-refractivity contribution in [3.63, 3.8) is 0 Å². The summed E-state index contributed by atoms with van der Waals surface area (Å²) in [7, 11) is 0. The molecule has 184 valence electrons. The van der Waals surface area contributed by atoms with Crippen LogP contribution in [0.1, 0.15) is 55.5 Å². The maximum absolute atomic E-state index is 13.5. The molecule has 1 amide bonds. The summed E-state index contributed by atoms with van der Waals surface area (Å²) < 4.78 is 0. The van der Waals surface area contributed by atoms with Crippen molar-refractivity contribution in [2.24, 2.45) is 5.41 Å². The fourth-order valence-electron chi connectivity index (χ4n) is 4.68. The number of aromatic nitrogens is 2. The van der Waals surface area contributed by atoms with Gasteiger partial charge in [-0.05, 0) is 81.7 Å². The van der Waals surface area contributed by atoms with Crippen molar-refractivity contribution >= 4 is 34.6 Å². The Kier molecular flexibility index (Phi) is 6.27. The molecule has 2 aromatic heterocycles. The fraction of sp³-hybridized carbons (Fsp3) is 0.444. The van der Waals surface area contributed by atoms with Crippen LogP contribution in [0.2, 0.25) is 0 Å². The molecule has 0 unspecified atom stereocenters. The standard InChI is InChI=1S/C27H33N5O2S/c1-18-4-5-19(16-21(18)25-28-12-15-35-25)29-24(34)20-6-7-22(31-26(2,3)17-33)30-23(20)32-13-10-27(8-9-27)11-14-32/h4-7,12,15-16,33H,8-11,13-14,17H2,1-3H3,(H,29,34)(H,30,31). The number of carbonyl (C=O) groups excluding carboxylic acids is 1. The Morgan fingerprint density at radius 1 is 1.17 bits per heavy atom. The minimum absolute atomic E-state index is 0.0205. The number of nitrogens with zero attached hydrogens (tertiary/aromatic N) is 3. The number of hydrogen-bond acceptors (Lipinski definition) is 7. The topological polar surface area (TPSA) is 90.4 Å². The highest BCUT2D eigenvalue weighted by Gasteiger charge is 2.45. The lowest BCUT2D eigenvalue weighted by atomic mass is 9.93. The highest BCUT2D eigenvalue weighted by molar-refractivity contribution is 7.13. The van der Waals surface area contributed by atoms with Crippen molar-refractivity contribution in [1.82, 2.24) is 9.97 Å². The Bertz CT molecular complexity index is 1210. The van der Waals surface area contributed by atoms with Gasteiger partial charge in [-0.1, -0.05) is 6.07 Å². The third-order valence-corrected chi connectivity index (χ3v) is 8.03. The minimum Gasteiger partial charge on any atom is -0.394 e. The summed E-state index contributed by atoms with van der Waals surface area (Å²) in [5.74, 6) is 1.17. The van der Waals surface area contributed by atoms with Crippen LogP contribution in [0, 0.1) is 12.3 Å². The van der Waals surface area contributed by atoms with Gasteiger partial charge in [0.2, 0.25) is 0 Å². The summed E-state index contributed by atoms with van der Waals surface area (Å²) in [6.07, 6.45) is 6.72. The second-order valence-corrected chi connectivity index (χ2v) is 11.4. The molecule has 3 N–H and O–H groups in total. The Labute approximate surface area is 210 Å². The molecular weight excluding hydrogens is 458 g/mol. The number of amides is 1. The van der Waals surface area contributed by atoms with E-state index in [1.54, 1.807) is 17.5 Å². The van der Waals surface area contributed by atoms with Gasteiger partial charge >= 0.3 is 0 Å². The van der Waals surface area contributed by atoms with Crippen molar-refractivity contribution < 1.29 is 9.90 Å². The van der Waals surface area contributed by atoms with Crippen LogP contribution in [0.5, 0.6) is 0 Å². The maximum Gasteiger partial charge on any atom is 0.259 e. The van der Waals surface area contributed by atoms with E-state index >= 15 is 0 Å². The zero-order chi connectivity index (χ0) is 24.6. The van der Waals surface area contributed by atoms with Gasteiger partial charge in [-0.15, -0.1) is 11.3 Å². The summed E-state index contributed by atoms with van der Waals surface area (Å²) in [6.45, 7) is 7.67. The SMILES string of the molecule is Cc1ccc(NC(=O)c2ccc(NC(C)(C)CO)nc2N2CCC3(CC2)CC3)cc1-c1nccs1. The lowest BCUT2D eigenvalue weighted by molar-refractivity contribution is 0.102. The fourth-order valence-corrected chi connectivity index (χ4v) is 5.40. The molecule has 1 aromatic carbocycles. The second-order valence-electron chi connectivity index (χ2n) is 10.5. The summed E-state index contributed by atoms with van der Waals surface area (Å²) in [6, 6.07) is 9.57. The lowest BCUT2D eigenvalue weighted by Crippen LogP contribution is -2.38. The number of carbonyl (C=O) groups is 1. The molecule has 1 saturated carbocycles. The first-order valence-corrected chi connectivity index (χ1v) is 13.1. The van der Waals surface area contributed by atoms with Crippen molar-refractivity contribution in [3.8, 4) is 10.6 Å². The summed E-state index contributed by atoms with van der Waals surface area (Å²) in [5.41, 5.74) is 3.44. The molecular formula is C27H33N5O2S. The van der Waals surface area contributed by atoms with Crippen LogP contribution in [0.25, 0.3) is 10.6 Å². The van der Waals surface area contributed by atoms with E-state index in [0.717, 1.165) is 47.8 Å². The molecule has 0 bridgehead atoms. The summed E-state index contributed by atoms with van der Waals surface area (Å²) in [4.78, 5) is 25.0. The number of aliphatic hydroxyl groups is 1. The van der Waals surface area contributed by atoms with E-state index < -0.39 is 5.54 Å². The Morgan fingerprint density at radius 2 is 1.94 bits per heavy atom. The van der Waals surface area contributed by atoms with Gasteiger partial charge in [-0.2, -0.15) is 0 Å². The van der Waals surface area contributed by atoms with E-state index in [2.05, 4.69) is 20.5 Å². The van der Waals surface area contributed by atoms with Crippen LogP contribution < -0.4 is 15.5 Å². The van der Waals surface area contributed by atoms with Crippen molar-refractivity contribution in [1.29, 1.82) is 0 Å². The number of aryl methyl sites for hydroxylation is 1. The molecule has 1 spiro atoms. The van der Waals surface area contributed by atoms with Crippen LogP contribution in [0.3, 0.4) is 0 Å². The summed E-state index contributed by atoms with van der Waals surface area (Å²) in [5, 5.41) is 19.0. The van der Waals surface area contributed by atoms with Gasteiger partial charge in [0.15, 0.2) is 0 Å². The number of nitrogens with one attached hydrogen (secondary N) is 2. The van der Waals surface area contributed by atoms with Crippen molar-refractivity contribution in [2.75, 3.05) is 35.2 Å². The number of aliphatic hydroxyl groups excluding tert-OH is 1. The van der Waals surface area contributed by atoms with E-state index in [1.807, 2.05) is 56.5 Å². The van der Waals surface area contributed by atoms with E-state index in [-0.39, 0.29) is 12.5 Å². The zero-order valence-electron chi connectivity index (χ0n) is 20.6. The van der Waals surface area contributed by atoms with Crippen LogP contribution in [0.15, 0.2) is 41.9 Å². The van der Waals surface area contributed by atoms with Crippen LogP contribution in [-0.2, 0) is 0 Å². The number of pyridine rings is 1. The molecule has 3 aromatic rings. The molecule has 8 heteroatoms. The van der Waals surface area contributed by atoms with E-state index in [0.29, 0.717) is 22.6 Å². The predicted octanol–water partition coefficient (Wildman–Crippen LogP) is 5.33. The van der Waals surface area contributed by atoms with Gasteiger partial charge in [-0.3, -0.25) is 4.79 Å². The largest absolute Gasteiger partial charge is 0.394 e. The molecule has 1 saturated heterocycles. The van der Waals surface area contributed by atoms with E-state index in [4.69, 9.17) is 4.98 Å². The van der Waals surface area contributed by atoms with Gasteiger partial charge in [-0.25, -0.2) is 9.97 Å². The van der Waals surface area contributed by atoms with Crippen molar-refractivity contribution in [2.45, 2.75) is 52.0 Å². The third-order valence-electron chi connectivity index (χ3n) is 7.22. The smallest absolute Gasteiger partial charge is 0.259 e. The molecule has 35 heavy (non-hydrogen) atoms. The predicted molar refractivity (Wildman–Crippen MR) is 142 cm³/mol. The van der Waals surface area contributed by atoms with Crippen LogP contribution in [-0.4, -0.2) is 46.2 Å². The molecule has 1 aliphatic heterocycles. The Morgan fingerprint density at radius 3 is 2.60 bits per heavy atom. The zero-order valence-corrected chi connectivity index (χ0v) is 21.4. The minimum atomic E-state index is -0.512. The first-order chi connectivity index (χ1) is 16.8. The second kappa shape index (κ2) is 9.24. The van der Waals surface area contributed by atoms with Gasteiger partial charge in [0.25, 0.3) is 5.91 Å². The van der Waals surface area contributed by atoms with Gasteiger partial charge in [0, 0.05) is 35.9 Å². The molecule has 0 atom stereocenters. The Balaban J connectivity index is 1.42. The number of hydrogen-bond donors (Lipinski definition) is 3. The lowest BCUT2D eigenvalue weighted by Gasteiger charge is -2.34. The molecule has 7 nitrogen and oxygen atoms in total. The Hall–Kier alpha value is -2.97. The monoisotopic (exact) mass is 491 g/mol.